The van der Waals surface area contributed by atoms with Gasteiger partial charge in [-0.2, -0.15) is 0 Å². The Kier molecular flexibility index (Phi) is 10.2. The molecule has 3 saturated heterocycles. The molecule has 1 spiro atoms. The van der Waals surface area contributed by atoms with E-state index in [1.54, 1.807) is 4.90 Å². The molecule has 2 unspecified atom stereocenters. The van der Waals surface area contributed by atoms with E-state index in [1.165, 1.54) is 29.6 Å². The number of carboxylic acid groups (broad SMARTS) is 1. The number of aromatic nitrogens is 2. The van der Waals surface area contributed by atoms with Gasteiger partial charge in [0.05, 0.1) is 18.8 Å². The van der Waals surface area contributed by atoms with Gasteiger partial charge in [-0.25, -0.2) is 9.78 Å². The third-order valence-electron chi connectivity index (χ3n) is 12.0. The Morgan fingerprint density at radius 1 is 1.06 bits per heavy atom. The molecule has 2 aliphatic carbocycles. The Bertz CT molecular complexity index is 1610. The molecule has 4 heterocycles. The van der Waals surface area contributed by atoms with Gasteiger partial charge >= 0.3 is 5.97 Å². The standard InChI is InChI=1S/C37H52N8O7/c1-6-23-18-37(23,34(51)52)42-30(47)26-19-36(44(7-2)32(49)25-14-11-17-45(25)36)21-43(26)33(50)28(35(3,4)5)41-31(48)27(22-12-9-8-10-13-22)40-29(46)24-20-38-15-16-39-24/h6,15-16,20,22-23,25-28H,1,7-14,17-19,21H2,2-5H3,(H,40,46)(H,41,48)(H,42,47)(H,51,52)/t23-,25+,26+,27+,28?,36?,37-/m1/s1. The van der Waals surface area contributed by atoms with Crippen molar-refractivity contribution in [2.75, 3.05) is 19.6 Å². The zero-order valence-corrected chi connectivity index (χ0v) is 30.6. The number of carbonyl (C=O) groups excluding carboxylic acids is 5. The molecular weight excluding hydrogens is 668 g/mol. The minimum atomic E-state index is -1.53. The zero-order valence-electron chi connectivity index (χ0n) is 30.6. The molecule has 0 radical (unpaired) electrons. The average Bonchev–Trinajstić information content (AvgIpc) is 3.38. The molecule has 6 rings (SSSR count). The molecule has 0 bridgehead atoms. The molecule has 282 valence electrons. The van der Waals surface area contributed by atoms with Crippen LogP contribution in [0.15, 0.2) is 31.2 Å². The number of hydrogen-bond donors (Lipinski definition) is 4. The Hall–Kier alpha value is -4.40. The monoisotopic (exact) mass is 720 g/mol. The Morgan fingerprint density at radius 3 is 2.38 bits per heavy atom. The third kappa shape index (κ3) is 6.56. The van der Waals surface area contributed by atoms with E-state index in [1.807, 2.05) is 27.7 Å². The highest BCUT2D eigenvalue weighted by atomic mass is 16.4. The molecule has 1 aromatic heterocycles. The van der Waals surface area contributed by atoms with E-state index in [9.17, 15) is 29.1 Å². The zero-order chi connectivity index (χ0) is 37.6. The van der Waals surface area contributed by atoms with Crippen molar-refractivity contribution < 1.29 is 33.9 Å². The smallest absolute Gasteiger partial charge is 0.330 e. The van der Waals surface area contributed by atoms with Crippen molar-refractivity contribution in [3.05, 3.63) is 36.9 Å². The summed E-state index contributed by atoms with van der Waals surface area (Å²) in [5, 5.41) is 18.7. The van der Waals surface area contributed by atoms with Crippen molar-refractivity contribution >= 4 is 35.5 Å². The second-order valence-corrected chi connectivity index (χ2v) is 16.2. The van der Waals surface area contributed by atoms with Crippen LogP contribution in [-0.2, 0) is 24.0 Å². The molecule has 5 aliphatic rings. The fraction of sp³-hybridized carbons (Fsp3) is 0.676. The van der Waals surface area contributed by atoms with Crippen molar-refractivity contribution in [2.45, 2.75) is 121 Å². The minimum absolute atomic E-state index is 0.0167. The number of nitrogens with one attached hydrogen (secondary N) is 3. The molecule has 3 aliphatic heterocycles. The topological polar surface area (TPSA) is 194 Å². The number of fused-ring (bicyclic) bond motifs is 2. The van der Waals surface area contributed by atoms with Gasteiger partial charge in [-0.05, 0) is 50.4 Å². The van der Waals surface area contributed by atoms with E-state index in [-0.39, 0.29) is 42.9 Å². The molecule has 7 atom stereocenters. The summed E-state index contributed by atoms with van der Waals surface area (Å²) in [5.41, 5.74) is -3.28. The first-order chi connectivity index (χ1) is 24.7. The Labute approximate surface area is 304 Å². The molecule has 4 N–H and O–H groups in total. The normalized spacial score (nSPS) is 30.1. The molecule has 15 nitrogen and oxygen atoms in total. The summed E-state index contributed by atoms with van der Waals surface area (Å²) in [5.74, 6) is -4.07. The lowest BCUT2D eigenvalue weighted by Gasteiger charge is -2.40. The molecule has 1 aromatic rings. The minimum Gasteiger partial charge on any atom is -0.479 e. The average molecular weight is 721 g/mol. The first kappa shape index (κ1) is 37.4. The molecule has 5 amide bonds. The van der Waals surface area contributed by atoms with Crippen LogP contribution in [0.4, 0.5) is 0 Å². The third-order valence-corrected chi connectivity index (χ3v) is 12.0. The van der Waals surface area contributed by atoms with Gasteiger partial charge in [0, 0.05) is 37.8 Å². The first-order valence-electron chi connectivity index (χ1n) is 18.6. The SMILES string of the molecule is C=C[C@@H]1C[C@]1(NC(=O)[C@@H]1CC2(CN1C(=O)C(NC(=O)[C@@H](NC(=O)c1cnccn1)C1CCCCC1)C(C)(C)C)N(CC)C(=O)[C@@H]1CCCN12)C(=O)O. The predicted octanol–water partition coefficient (Wildman–Crippen LogP) is 1.46. The van der Waals surface area contributed by atoms with Gasteiger partial charge in [0.25, 0.3) is 5.91 Å². The molecule has 15 heteroatoms. The largest absolute Gasteiger partial charge is 0.479 e. The van der Waals surface area contributed by atoms with Crippen LogP contribution in [0.2, 0.25) is 0 Å². The van der Waals surface area contributed by atoms with E-state index in [0.717, 1.165) is 38.5 Å². The predicted molar refractivity (Wildman–Crippen MR) is 188 cm³/mol. The lowest BCUT2D eigenvalue weighted by Crippen LogP contribution is -2.62. The number of carboxylic acids is 1. The number of likely N-dealkylation sites (tertiary alicyclic amines) is 1. The maximum Gasteiger partial charge on any atom is 0.330 e. The van der Waals surface area contributed by atoms with Gasteiger partial charge in [0.2, 0.25) is 23.6 Å². The second kappa shape index (κ2) is 14.2. The van der Waals surface area contributed by atoms with E-state index < -0.39 is 70.3 Å². The molecule has 0 aromatic carbocycles. The lowest BCUT2D eigenvalue weighted by molar-refractivity contribution is -0.147. The first-order valence-corrected chi connectivity index (χ1v) is 18.6. The second-order valence-electron chi connectivity index (χ2n) is 16.2. The number of rotatable bonds is 11. The van der Waals surface area contributed by atoms with Crippen molar-refractivity contribution in [3.63, 3.8) is 0 Å². The maximum absolute atomic E-state index is 15.0. The summed E-state index contributed by atoms with van der Waals surface area (Å²) < 4.78 is 0. The highest BCUT2D eigenvalue weighted by molar-refractivity contribution is 5.99. The van der Waals surface area contributed by atoms with Gasteiger partial charge in [-0.15, -0.1) is 6.58 Å². The van der Waals surface area contributed by atoms with Crippen molar-refractivity contribution in [3.8, 4) is 0 Å². The lowest BCUT2D eigenvalue weighted by atomic mass is 9.82. The summed E-state index contributed by atoms with van der Waals surface area (Å²) >= 11 is 0. The maximum atomic E-state index is 15.0. The Morgan fingerprint density at radius 2 is 1.79 bits per heavy atom. The van der Waals surface area contributed by atoms with Crippen LogP contribution in [0.1, 0.15) is 96.0 Å². The van der Waals surface area contributed by atoms with E-state index in [0.29, 0.717) is 19.5 Å². The number of nitrogens with zero attached hydrogens (tertiary/aromatic N) is 5. The van der Waals surface area contributed by atoms with Crippen LogP contribution in [-0.4, -0.2) is 120 Å². The van der Waals surface area contributed by atoms with Crippen LogP contribution in [0.25, 0.3) is 0 Å². The van der Waals surface area contributed by atoms with Crippen LogP contribution >= 0.6 is 0 Å². The molecule has 2 saturated carbocycles. The number of aliphatic carboxylic acids is 1. The van der Waals surface area contributed by atoms with Crippen LogP contribution in [0.3, 0.4) is 0 Å². The summed E-state index contributed by atoms with van der Waals surface area (Å²) in [6.45, 7) is 12.1. The molecule has 52 heavy (non-hydrogen) atoms. The van der Waals surface area contributed by atoms with Gasteiger partial charge in [0.1, 0.15) is 35.0 Å². The summed E-state index contributed by atoms with van der Waals surface area (Å²) in [6.07, 6.45) is 11.7. The number of likely N-dealkylation sites (N-methyl/N-ethyl adjacent to an activating group) is 1. The number of amides is 5. The molecule has 5 fully saturated rings. The van der Waals surface area contributed by atoms with Crippen molar-refractivity contribution in [2.24, 2.45) is 17.3 Å². The fourth-order valence-corrected chi connectivity index (χ4v) is 9.11. The number of hydrogen-bond acceptors (Lipinski definition) is 9. The summed E-state index contributed by atoms with van der Waals surface area (Å²) in [4.78, 5) is 96.4. The van der Waals surface area contributed by atoms with Crippen LogP contribution in [0, 0.1) is 17.3 Å². The van der Waals surface area contributed by atoms with E-state index >= 15 is 4.79 Å². The highest BCUT2D eigenvalue weighted by Crippen LogP contribution is 2.48. The highest BCUT2D eigenvalue weighted by Gasteiger charge is 2.66. The van der Waals surface area contributed by atoms with Crippen LogP contribution in [0.5, 0.6) is 0 Å². The van der Waals surface area contributed by atoms with E-state index in [2.05, 4.69) is 37.4 Å². The molecular formula is C37H52N8O7. The van der Waals surface area contributed by atoms with Gasteiger partial charge < -0.3 is 30.9 Å². The summed E-state index contributed by atoms with van der Waals surface area (Å²) in [7, 11) is 0. The van der Waals surface area contributed by atoms with E-state index in [4.69, 9.17) is 0 Å². The Balaban J connectivity index is 1.32. The van der Waals surface area contributed by atoms with Gasteiger partial charge in [-0.3, -0.25) is 33.9 Å². The quantitative estimate of drug-likeness (QED) is 0.243. The van der Waals surface area contributed by atoms with Crippen molar-refractivity contribution in [1.29, 1.82) is 0 Å². The number of carbonyl (C=O) groups is 6. The van der Waals surface area contributed by atoms with Crippen molar-refractivity contribution in [1.82, 2.24) is 40.6 Å². The van der Waals surface area contributed by atoms with Crippen LogP contribution < -0.4 is 16.0 Å². The fourth-order valence-electron chi connectivity index (χ4n) is 9.11. The van der Waals surface area contributed by atoms with Gasteiger partial charge in [0.15, 0.2) is 0 Å². The summed E-state index contributed by atoms with van der Waals surface area (Å²) in [6, 6.07) is -3.57. The van der Waals surface area contributed by atoms with Gasteiger partial charge in [-0.1, -0.05) is 46.1 Å².